The lowest BCUT2D eigenvalue weighted by Crippen LogP contribution is -1.97. The van der Waals surface area contributed by atoms with Crippen LogP contribution in [0.3, 0.4) is 0 Å². The molecular weight excluding hydrogens is 340 g/mol. The molecule has 0 aromatic heterocycles. The van der Waals surface area contributed by atoms with Crippen molar-refractivity contribution in [3.8, 4) is 11.5 Å². The van der Waals surface area contributed by atoms with E-state index in [1.165, 1.54) is 0 Å². The van der Waals surface area contributed by atoms with E-state index in [2.05, 4.69) is 15.9 Å². The summed E-state index contributed by atoms with van der Waals surface area (Å²) in [7, 11) is 1.65. The minimum absolute atomic E-state index is 0.225. The molecule has 2 nitrogen and oxygen atoms in total. The van der Waals surface area contributed by atoms with Gasteiger partial charge in [0.25, 0.3) is 0 Å². The molecule has 4 heteroatoms. The summed E-state index contributed by atoms with van der Waals surface area (Å²) in [5.74, 6) is 1.63. The third-order valence-corrected chi connectivity index (χ3v) is 4.06. The Labute approximate surface area is 132 Å². The van der Waals surface area contributed by atoms with Crippen LogP contribution in [0.4, 0.5) is 0 Å². The molecular formula is C16H16BrClO2. The molecule has 0 spiro atoms. The highest BCUT2D eigenvalue weighted by molar-refractivity contribution is 9.10. The third kappa shape index (κ3) is 3.47. The number of hydrogen-bond acceptors (Lipinski definition) is 2. The van der Waals surface area contributed by atoms with Gasteiger partial charge in [-0.2, -0.15) is 0 Å². The molecule has 1 unspecified atom stereocenters. The zero-order valence-corrected chi connectivity index (χ0v) is 13.7. The Bertz CT molecular complexity index is 586. The summed E-state index contributed by atoms with van der Waals surface area (Å²) in [6.45, 7) is 2.60. The summed E-state index contributed by atoms with van der Waals surface area (Å²) in [6, 6.07) is 13.7. The topological polar surface area (TPSA) is 18.5 Å². The lowest BCUT2D eigenvalue weighted by molar-refractivity contribution is 0.338. The van der Waals surface area contributed by atoms with E-state index in [1.807, 2.05) is 49.4 Å². The number of alkyl halides is 1. The van der Waals surface area contributed by atoms with Gasteiger partial charge in [0.05, 0.1) is 23.6 Å². The highest BCUT2D eigenvalue weighted by atomic mass is 79.9. The fourth-order valence-corrected chi connectivity index (χ4v) is 2.72. The van der Waals surface area contributed by atoms with Gasteiger partial charge in [-0.3, -0.25) is 0 Å². The quantitative estimate of drug-likeness (QED) is 0.688. The van der Waals surface area contributed by atoms with E-state index < -0.39 is 0 Å². The first-order valence-electron chi connectivity index (χ1n) is 6.36. The molecule has 20 heavy (non-hydrogen) atoms. The second kappa shape index (κ2) is 7.00. The van der Waals surface area contributed by atoms with Gasteiger partial charge in [0.1, 0.15) is 11.5 Å². The standard InChI is InChI=1S/C16H16BrClO2/c1-3-20-15-8-7-12(10-14(15)17)16(18)11-5-4-6-13(9-11)19-2/h4-10,16H,3H2,1-2H3. The van der Waals surface area contributed by atoms with Crippen LogP contribution in [0, 0.1) is 0 Å². The lowest BCUT2D eigenvalue weighted by atomic mass is 10.0. The molecule has 0 heterocycles. The summed E-state index contributed by atoms with van der Waals surface area (Å²) < 4.78 is 11.6. The summed E-state index contributed by atoms with van der Waals surface area (Å²) in [5.41, 5.74) is 2.01. The monoisotopic (exact) mass is 354 g/mol. The average molecular weight is 356 g/mol. The zero-order chi connectivity index (χ0) is 14.5. The van der Waals surface area contributed by atoms with E-state index in [9.17, 15) is 0 Å². The van der Waals surface area contributed by atoms with Crippen LogP contribution in [0.5, 0.6) is 11.5 Å². The minimum atomic E-state index is -0.225. The molecule has 0 radical (unpaired) electrons. The molecule has 1 atom stereocenters. The van der Waals surface area contributed by atoms with Crippen LogP contribution in [-0.2, 0) is 0 Å². The van der Waals surface area contributed by atoms with Crippen molar-refractivity contribution >= 4 is 27.5 Å². The van der Waals surface area contributed by atoms with Crippen molar-refractivity contribution in [1.29, 1.82) is 0 Å². The lowest BCUT2D eigenvalue weighted by Gasteiger charge is -2.13. The molecule has 0 N–H and O–H groups in total. The number of benzene rings is 2. The second-order valence-corrected chi connectivity index (χ2v) is 5.55. The van der Waals surface area contributed by atoms with Crippen LogP contribution in [0.2, 0.25) is 0 Å². The highest BCUT2D eigenvalue weighted by Crippen LogP contribution is 2.35. The fraction of sp³-hybridized carbons (Fsp3) is 0.250. The molecule has 0 aliphatic carbocycles. The summed E-state index contributed by atoms with van der Waals surface area (Å²) in [6.07, 6.45) is 0. The van der Waals surface area contributed by atoms with Crippen LogP contribution < -0.4 is 9.47 Å². The van der Waals surface area contributed by atoms with E-state index in [4.69, 9.17) is 21.1 Å². The second-order valence-electron chi connectivity index (χ2n) is 4.26. The van der Waals surface area contributed by atoms with Gasteiger partial charge < -0.3 is 9.47 Å². The van der Waals surface area contributed by atoms with Crippen LogP contribution >= 0.6 is 27.5 Å². The molecule has 2 aromatic rings. The zero-order valence-electron chi connectivity index (χ0n) is 11.4. The van der Waals surface area contributed by atoms with Crippen molar-refractivity contribution in [3.05, 3.63) is 58.1 Å². The smallest absolute Gasteiger partial charge is 0.133 e. The predicted molar refractivity (Wildman–Crippen MR) is 86.0 cm³/mol. The Hall–Kier alpha value is -1.19. The Morgan fingerprint density at radius 2 is 1.90 bits per heavy atom. The van der Waals surface area contributed by atoms with Crippen LogP contribution in [0.15, 0.2) is 46.9 Å². The van der Waals surface area contributed by atoms with Gasteiger partial charge in [0.15, 0.2) is 0 Å². The number of ether oxygens (including phenoxy) is 2. The summed E-state index contributed by atoms with van der Waals surface area (Å²) in [4.78, 5) is 0. The van der Waals surface area contributed by atoms with Gasteiger partial charge in [-0.05, 0) is 58.2 Å². The molecule has 106 valence electrons. The average Bonchev–Trinajstić information content (AvgIpc) is 2.49. The highest BCUT2D eigenvalue weighted by Gasteiger charge is 2.13. The molecule has 0 fully saturated rings. The number of halogens is 2. The van der Waals surface area contributed by atoms with E-state index in [1.54, 1.807) is 7.11 Å². The molecule has 2 aromatic carbocycles. The van der Waals surface area contributed by atoms with Gasteiger partial charge >= 0.3 is 0 Å². The first-order valence-corrected chi connectivity index (χ1v) is 7.59. The van der Waals surface area contributed by atoms with Crippen LogP contribution in [-0.4, -0.2) is 13.7 Å². The largest absolute Gasteiger partial charge is 0.497 e. The maximum absolute atomic E-state index is 6.54. The number of rotatable bonds is 5. The third-order valence-electron chi connectivity index (χ3n) is 2.93. The van der Waals surface area contributed by atoms with Crippen LogP contribution in [0.25, 0.3) is 0 Å². The summed E-state index contributed by atoms with van der Waals surface area (Å²) in [5, 5.41) is -0.225. The Morgan fingerprint density at radius 1 is 1.15 bits per heavy atom. The Kier molecular flexibility index (Phi) is 5.32. The molecule has 0 saturated carbocycles. The molecule has 0 aliphatic rings. The first kappa shape index (κ1) is 15.2. The normalized spacial score (nSPS) is 12.0. The van der Waals surface area contributed by atoms with E-state index in [-0.39, 0.29) is 5.38 Å². The van der Waals surface area contributed by atoms with Crippen molar-refractivity contribution in [1.82, 2.24) is 0 Å². The number of methoxy groups -OCH3 is 1. The van der Waals surface area contributed by atoms with Gasteiger partial charge in [0.2, 0.25) is 0 Å². The summed E-state index contributed by atoms with van der Waals surface area (Å²) >= 11 is 10.1. The van der Waals surface area contributed by atoms with Crippen molar-refractivity contribution < 1.29 is 9.47 Å². The van der Waals surface area contributed by atoms with Crippen molar-refractivity contribution in [2.75, 3.05) is 13.7 Å². The minimum Gasteiger partial charge on any atom is -0.497 e. The molecule has 2 rings (SSSR count). The van der Waals surface area contributed by atoms with E-state index in [0.29, 0.717) is 6.61 Å². The molecule has 0 amide bonds. The van der Waals surface area contributed by atoms with Gasteiger partial charge in [-0.15, -0.1) is 11.6 Å². The maximum atomic E-state index is 6.54. The molecule has 0 aliphatic heterocycles. The number of hydrogen-bond donors (Lipinski definition) is 0. The van der Waals surface area contributed by atoms with Crippen molar-refractivity contribution in [2.45, 2.75) is 12.3 Å². The molecule has 0 saturated heterocycles. The predicted octanol–water partition coefficient (Wildman–Crippen LogP) is 5.18. The van der Waals surface area contributed by atoms with E-state index in [0.717, 1.165) is 27.1 Å². The Morgan fingerprint density at radius 3 is 2.55 bits per heavy atom. The van der Waals surface area contributed by atoms with Gasteiger partial charge in [-0.25, -0.2) is 0 Å². The first-order chi connectivity index (χ1) is 9.65. The SMILES string of the molecule is CCOc1ccc(C(Cl)c2cccc(OC)c2)cc1Br. The fourth-order valence-electron chi connectivity index (χ4n) is 1.94. The van der Waals surface area contributed by atoms with Crippen molar-refractivity contribution in [2.24, 2.45) is 0 Å². The van der Waals surface area contributed by atoms with Gasteiger partial charge in [-0.1, -0.05) is 18.2 Å². The Balaban J connectivity index is 2.28. The van der Waals surface area contributed by atoms with Crippen LogP contribution in [0.1, 0.15) is 23.4 Å². The molecule has 0 bridgehead atoms. The van der Waals surface area contributed by atoms with E-state index >= 15 is 0 Å². The van der Waals surface area contributed by atoms with Gasteiger partial charge in [0, 0.05) is 0 Å². The van der Waals surface area contributed by atoms with Crippen molar-refractivity contribution in [3.63, 3.8) is 0 Å². The maximum Gasteiger partial charge on any atom is 0.133 e.